The lowest BCUT2D eigenvalue weighted by Gasteiger charge is -2.36. The molecule has 27 heavy (non-hydrogen) atoms. The van der Waals surface area contributed by atoms with Gasteiger partial charge in [-0.25, -0.2) is 4.98 Å². The van der Waals surface area contributed by atoms with E-state index in [0.29, 0.717) is 39.0 Å². The van der Waals surface area contributed by atoms with Gasteiger partial charge in [0, 0.05) is 40.2 Å². The van der Waals surface area contributed by atoms with Crippen molar-refractivity contribution < 1.29 is 14.7 Å². The number of fused-ring (bicyclic) bond motifs is 1. The van der Waals surface area contributed by atoms with Gasteiger partial charge in [0.05, 0.1) is 36.1 Å². The Morgan fingerprint density at radius 3 is 2.85 bits per heavy atom. The summed E-state index contributed by atoms with van der Waals surface area (Å²) in [6, 6.07) is 7.53. The zero-order valence-corrected chi connectivity index (χ0v) is 15.8. The second-order valence-electron chi connectivity index (χ2n) is 7.23. The van der Waals surface area contributed by atoms with E-state index in [1.807, 2.05) is 33.7 Å². The first kappa shape index (κ1) is 19.3. The minimum absolute atomic E-state index is 0.0113. The van der Waals surface area contributed by atoms with E-state index in [1.54, 1.807) is 25.3 Å². The molecule has 0 spiro atoms. The fourth-order valence-electron chi connectivity index (χ4n) is 3.33. The highest BCUT2D eigenvalue weighted by molar-refractivity contribution is 5.78. The van der Waals surface area contributed by atoms with Crippen molar-refractivity contribution in [3.05, 3.63) is 30.6 Å². The minimum Gasteiger partial charge on any atom is -0.390 e. The number of β-amino-alcohol motifs (C(OH)–C–C–N with tert-alkyl or cyclic N) is 1. The maximum Gasteiger partial charge on any atom is 0.236 e. The molecule has 2 amide bonds. The smallest absolute Gasteiger partial charge is 0.236 e. The van der Waals surface area contributed by atoms with Gasteiger partial charge in [-0.2, -0.15) is 0 Å². The highest BCUT2D eigenvalue weighted by Crippen LogP contribution is 2.14. The largest absolute Gasteiger partial charge is 0.390 e. The molecule has 0 bridgehead atoms. The fourth-order valence-corrected chi connectivity index (χ4v) is 3.33. The van der Waals surface area contributed by atoms with Gasteiger partial charge in [-0.15, -0.1) is 0 Å². The van der Waals surface area contributed by atoms with Crippen molar-refractivity contribution in [2.75, 3.05) is 33.7 Å². The third kappa shape index (κ3) is 4.84. The molecule has 2 aromatic rings. The number of hydrogen-bond donors (Lipinski definition) is 2. The number of likely N-dealkylation sites (N-methyl/N-ethyl adjacent to an activating group) is 1. The van der Waals surface area contributed by atoms with Crippen molar-refractivity contribution in [1.29, 1.82) is 0 Å². The Labute approximate surface area is 158 Å². The maximum absolute atomic E-state index is 12.3. The molecule has 1 aliphatic rings. The van der Waals surface area contributed by atoms with Crippen LogP contribution in [0, 0.1) is 0 Å². The first-order valence-electron chi connectivity index (χ1n) is 9.24. The monoisotopic (exact) mass is 373 g/mol. The number of imidazole rings is 1. The van der Waals surface area contributed by atoms with Gasteiger partial charge in [0.2, 0.25) is 11.8 Å². The summed E-state index contributed by atoms with van der Waals surface area (Å²) in [6.45, 7) is 1.89. The number of aryl methyl sites for hydroxylation is 1. The second kappa shape index (κ2) is 8.49. The number of nitrogens with one attached hydrogen (secondary N) is 1. The molecule has 0 unspecified atom stereocenters. The number of piperidine rings is 1. The molecule has 1 saturated heterocycles. The van der Waals surface area contributed by atoms with Crippen LogP contribution in [0.25, 0.3) is 11.0 Å². The van der Waals surface area contributed by atoms with Crippen molar-refractivity contribution in [3.63, 3.8) is 0 Å². The van der Waals surface area contributed by atoms with E-state index in [2.05, 4.69) is 10.3 Å². The Balaban J connectivity index is 1.46. The van der Waals surface area contributed by atoms with Crippen LogP contribution in [0.2, 0.25) is 0 Å². The Morgan fingerprint density at radius 2 is 2.11 bits per heavy atom. The standard InChI is InChI=1S/C19H27N5O3/c1-22(2)19(27)12-23-9-7-15(17(25)11-23)21-18(26)8-10-24-13-20-14-5-3-4-6-16(14)24/h3-6,13,15,17,25H,7-12H2,1-2H3,(H,21,26)/t15-,17-/m1/s1. The van der Waals surface area contributed by atoms with Crippen molar-refractivity contribution in [1.82, 2.24) is 24.7 Å². The summed E-state index contributed by atoms with van der Waals surface area (Å²) in [5.74, 6) is -0.0770. The van der Waals surface area contributed by atoms with Gasteiger partial charge in [0.15, 0.2) is 0 Å². The van der Waals surface area contributed by atoms with Gasteiger partial charge in [0.25, 0.3) is 0 Å². The summed E-state index contributed by atoms with van der Waals surface area (Å²) in [7, 11) is 3.43. The molecule has 2 heterocycles. The zero-order chi connectivity index (χ0) is 19.4. The molecular formula is C19H27N5O3. The van der Waals surface area contributed by atoms with Gasteiger partial charge in [-0.3, -0.25) is 14.5 Å². The molecule has 1 aromatic carbocycles. The number of nitrogens with zero attached hydrogens (tertiary/aromatic N) is 4. The average Bonchev–Trinajstić information content (AvgIpc) is 3.05. The molecule has 2 atom stereocenters. The molecule has 3 rings (SSSR count). The fraction of sp³-hybridized carbons (Fsp3) is 0.526. The quantitative estimate of drug-likeness (QED) is 0.748. The van der Waals surface area contributed by atoms with Crippen LogP contribution in [-0.4, -0.2) is 82.1 Å². The Morgan fingerprint density at radius 1 is 1.33 bits per heavy atom. The van der Waals surface area contributed by atoms with Crippen LogP contribution in [0.15, 0.2) is 30.6 Å². The minimum atomic E-state index is -0.674. The van der Waals surface area contributed by atoms with Crippen molar-refractivity contribution in [3.8, 4) is 0 Å². The Kier molecular flexibility index (Phi) is 6.08. The van der Waals surface area contributed by atoms with Crippen LogP contribution in [-0.2, 0) is 16.1 Å². The van der Waals surface area contributed by atoms with Gasteiger partial charge in [0.1, 0.15) is 0 Å². The molecule has 1 aromatic heterocycles. The molecule has 146 valence electrons. The Hall–Kier alpha value is -2.45. The topological polar surface area (TPSA) is 90.7 Å². The molecule has 0 saturated carbocycles. The molecule has 2 N–H and O–H groups in total. The van der Waals surface area contributed by atoms with E-state index >= 15 is 0 Å². The van der Waals surface area contributed by atoms with Gasteiger partial charge in [-0.05, 0) is 18.6 Å². The predicted octanol–water partition coefficient (Wildman–Crippen LogP) is 0.0660. The summed E-state index contributed by atoms with van der Waals surface area (Å²) >= 11 is 0. The highest BCUT2D eigenvalue weighted by atomic mass is 16.3. The van der Waals surface area contributed by atoms with Gasteiger partial charge < -0.3 is 19.9 Å². The number of rotatable bonds is 6. The zero-order valence-electron chi connectivity index (χ0n) is 15.8. The van der Waals surface area contributed by atoms with E-state index in [4.69, 9.17) is 0 Å². The lowest BCUT2D eigenvalue weighted by Crippen LogP contribution is -2.55. The summed E-state index contributed by atoms with van der Waals surface area (Å²) in [5, 5.41) is 13.3. The number of hydrogen-bond acceptors (Lipinski definition) is 5. The Bertz CT molecular complexity index is 803. The first-order valence-corrected chi connectivity index (χ1v) is 9.24. The number of carbonyl (C=O) groups excluding carboxylic acids is 2. The van der Waals surface area contributed by atoms with Crippen LogP contribution in [0.3, 0.4) is 0 Å². The number of benzene rings is 1. The molecule has 0 aliphatic carbocycles. The third-order valence-electron chi connectivity index (χ3n) is 4.98. The number of para-hydroxylation sites is 2. The first-order chi connectivity index (χ1) is 12.9. The number of likely N-dealkylation sites (tertiary alicyclic amines) is 1. The van der Waals surface area contributed by atoms with Gasteiger partial charge >= 0.3 is 0 Å². The summed E-state index contributed by atoms with van der Waals surface area (Å²) in [5.41, 5.74) is 1.91. The molecule has 1 aliphatic heterocycles. The number of carbonyl (C=O) groups is 2. The number of aliphatic hydroxyl groups is 1. The van der Waals surface area contributed by atoms with E-state index in [0.717, 1.165) is 11.0 Å². The number of aromatic nitrogens is 2. The molecule has 8 nitrogen and oxygen atoms in total. The highest BCUT2D eigenvalue weighted by Gasteiger charge is 2.29. The maximum atomic E-state index is 12.3. The summed E-state index contributed by atoms with van der Waals surface area (Å²) in [4.78, 5) is 31.9. The normalized spacial score (nSPS) is 20.6. The molecule has 0 radical (unpaired) electrons. The summed E-state index contributed by atoms with van der Waals surface area (Å²) < 4.78 is 1.96. The second-order valence-corrected chi connectivity index (χ2v) is 7.23. The van der Waals surface area contributed by atoms with E-state index in [9.17, 15) is 14.7 Å². The lowest BCUT2D eigenvalue weighted by molar-refractivity contribution is -0.131. The van der Waals surface area contributed by atoms with Crippen molar-refractivity contribution in [2.45, 2.75) is 31.5 Å². The van der Waals surface area contributed by atoms with E-state index < -0.39 is 6.10 Å². The SMILES string of the molecule is CN(C)C(=O)CN1CC[C@@H](NC(=O)CCn2cnc3ccccc32)[C@H](O)C1. The van der Waals surface area contributed by atoms with Crippen LogP contribution >= 0.6 is 0 Å². The van der Waals surface area contributed by atoms with Crippen LogP contribution in [0.4, 0.5) is 0 Å². The molecule has 8 heteroatoms. The summed E-state index contributed by atoms with van der Waals surface area (Å²) in [6.07, 6.45) is 2.02. The molecular weight excluding hydrogens is 346 g/mol. The average molecular weight is 373 g/mol. The number of amides is 2. The third-order valence-corrected chi connectivity index (χ3v) is 4.98. The van der Waals surface area contributed by atoms with Crippen LogP contribution < -0.4 is 5.32 Å². The number of aliphatic hydroxyl groups excluding tert-OH is 1. The van der Waals surface area contributed by atoms with Gasteiger partial charge in [-0.1, -0.05) is 12.1 Å². The van der Waals surface area contributed by atoms with Crippen molar-refractivity contribution >= 4 is 22.8 Å². The predicted molar refractivity (Wildman–Crippen MR) is 102 cm³/mol. The lowest BCUT2D eigenvalue weighted by atomic mass is 10.0. The van der Waals surface area contributed by atoms with Crippen LogP contribution in [0.1, 0.15) is 12.8 Å². The van der Waals surface area contributed by atoms with Crippen molar-refractivity contribution in [2.24, 2.45) is 0 Å². The van der Waals surface area contributed by atoms with E-state index in [-0.39, 0.29) is 17.9 Å². The van der Waals surface area contributed by atoms with E-state index in [1.165, 1.54) is 0 Å². The van der Waals surface area contributed by atoms with Crippen LogP contribution in [0.5, 0.6) is 0 Å². The molecule has 1 fully saturated rings.